The van der Waals surface area contributed by atoms with Gasteiger partial charge in [0.1, 0.15) is 16.6 Å². The lowest BCUT2D eigenvalue weighted by Crippen LogP contribution is -2.04. The van der Waals surface area contributed by atoms with Crippen molar-refractivity contribution in [2.75, 3.05) is 6.61 Å². The minimum absolute atomic E-state index is 0.0456. The smallest absolute Gasteiger partial charge is 0.163 e. The molecule has 5 heteroatoms. The summed E-state index contributed by atoms with van der Waals surface area (Å²) < 4.78 is 18.3. The van der Waals surface area contributed by atoms with E-state index in [-0.39, 0.29) is 11.6 Å². The van der Waals surface area contributed by atoms with Gasteiger partial charge in [-0.1, -0.05) is 29.3 Å². The average molecular weight is 327 g/mol. The van der Waals surface area contributed by atoms with Gasteiger partial charge in [-0.25, -0.2) is 4.39 Å². The second kappa shape index (κ2) is 7.43. The van der Waals surface area contributed by atoms with E-state index in [1.807, 2.05) is 0 Å². The zero-order valence-electron chi connectivity index (χ0n) is 11.1. The summed E-state index contributed by atoms with van der Waals surface area (Å²) in [7, 11) is 0. The standard InChI is InChI=1S/C16H13Cl2FO2/c17-13-3-1-5-15(16(13)18)21-10-2-4-14(20)11-6-8-12(19)9-7-11/h1,3,5-9H,2,4,10H2. The number of ether oxygens (including phenoxy) is 1. The van der Waals surface area contributed by atoms with Crippen LogP contribution in [0.2, 0.25) is 10.0 Å². The van der Waals surface area contributed by atoms with E-state index in [0.717, 1.165) is 0 Å². The van der Waals surface area contributed by atoms with Crippen molar-refractivity contribution < 1.29 is 13.9 Å². The second-order valence-corrected chi connectivity index (χ2v) is 5.22. The lowest BCUT2D eigenvalue weighted by Gasteiger charge is -2.08. The summed E-state index contributed by atoms with van der Waals surface area (Å²) >= 11 is 11.9. The Morgan fingerprint density at radius 3 is 2.52 bits per heavy atom. The number of hydrogen-bond acceptors (Lipinski definition) is 2. The van der Waals surface area contributed by atoms with Gasteiger partial charge in [0, 0.05) is 12.0 Å². The molecular weight excluding hydrogens is 314 g/mol. The van der Waals surface area contributed by atoms with E-state index in [0.29, 0.717) is 40.8 Å². The normalized spacial score (nSPS) is 10.4. The predicted octanol–water partition coefficient (Wildman–Crippen LogP) is 5.17. The zero-order chi connectivity index (χ0) is 15.2. The molecule has 0 aliphatic rings. The molecule has 0 radical (unpaired) electrons. The Morgan fingerprint density at radius 2 is 1.81 bits per heavy atom. The molecule has 2 rings (SSSR count). The van der Waals surface area contributed by atoms with E-state index < -0.39 is 0 Å². The zero-order valence-corrected chi connectivity index (χ0v) is 12.6. The van der Waals surface area contributed by atoms with Crippen molar-refractivity contribution in [2.24, 2.45) is 0 Å². The lowest BCUT2D eigenvalue weighted by molar-refractivity contribution is 0.0973. The molecule has 0 atom stereocenters. The van der Waals surface area contributed by atoms with E-state index in [1.54, 1.807) is 18.2 Å². The highest BCUT2D eigenvalue weighted by Crippen LogP contribution is 2.31. The summed E-state index contributed by atoms with van der Waals surface area (Å²) in [6, 6.07) is 10.6. The van der Waals surface area contributed by atoms with Crippen molar-refractivity contribution in [1.82, 2.24) is 0 Å². The number of halogens is 3. The van der Waals surface area contributed by atoms with Crippen LogP contribution in [0.25, 0.3) is 0 Å². The Hall–Kier alpha value is -1.58. The van der Waals surface area contributed by atoms with Crippen LogP contribution < -0.4 is 4.74 Å². The molecule has 0 amide bonds. The topological polar surface area (TPSA) is 26.3 Å². The van der Waals surface area contributed by atoms with Crippen molar-refractivity contribution in [3.05, 3.63) is 63.9 Å². The van der Waals surface area contributed by atoms with Crippen molar-refractivity contribution in [3.8, 4) is 5.75 Å². The Morgan fingerprint density at radius 1 is 1.10 bits per heavy atom. The van der Waals surface area contributed by atoms with Crippen LogP contribution in [0.4, 0.5) is 4.39 Å². The third-order valence-corrected chi connectivity index (χ3v) is 3.69. The van der Waals surface area contributed by atoms with Gasteiger partial charge in [0.25, 0.3) is 0 Å². The number of rotatable bonds is 6. The van der Waals surface area contributed by atoms with Crippen LogP contribution in [0.3, 0.4) is 0 Å². The van der Waals surface area contributed by atoms with Crippen LogP contribution in [0.15, 0.2) is 42.5 Å². The third kappa shape index (κ3) is 4.45. The van der Waals surface area contributed by atoms with Gasteiger partial charge in [-0.15, -0.1) is 0 Å². The fourth-order valence-corrected chi connectivity index (χ4v) is 2.14. The molecule has 110 valence electrons. The van der Waals surface area contributed by atoms with Gasteiger partial charge in [-0.2, -0.15) is 0 Å². The van der Waals surface area contributed by atoms with Crippen molar-refractivity contribution in [1.29, 1.82) is 0 Å². The minimum Gasteiger partial charge on any atom is -0.492 e. The van der Waals surface area contributed by atoms with Crippen molar-refractivity contribution in [2.45, 2.75) is 12.8 Å². The van der Waals surface area contributed by atoms with Gasteiger partial charge in [-0.3, -0.25) is 4.79 Å². The number of carbonyl (C=O) groups excluding carboxylic acids is 1. The first-order valence-corrected chi connectivity index (χ1v) is 7.19. The van der Waals surface area contributed by atoms with Crippen LogP contribution in [-0.4, -0.2) is 12.4 Å². The molecular formula is C16H13Cl2FO2. The first-order valence-electron chi connectivity index (χ1n) is 6.43. The summed E-state index contributed by atoms with van der Waals surface area (Å²) in [6.45, 7) is 0.354. The molecule has 2 aromatic rings. The maximum Gasteiger partial charge on any atom is 0.163 e. The minimum atomic E-state index is -0.356. The van der Waals surface area contributed by atoms with Gasteiger partial charge >= 0.3 is 0 Å². The van der Waals surface area contributed by atoms with Crippen LogP contribution >= 0.6 is 23.2 Å². The molecule has 0 aliphatic heterocycles. The molecule has 2 aromatic carbocycles. The predicted molar refractivity (Wildman–Crippen MR) is 81.9 cm³/mol. The Kier molecular flexibility index (Phi) is 5.59. The molecule has 0 saturated carbocycles. The van der Waals surface area contributed by atoms with E-state index >= 15 is 0 Å². The van der Waals surface area contributed by atoms with Gasteiger partial charge in [0.15, 0.2) is 5.78 Å². The van der Waals surface area contributed by atoms with Gasteiger partial charge in [0.2, 0.25) is 0 Å². The van der Waals surface area contributed by atoms with Gasteiger partial charge in [0.05, 0.1) is 11.6 Å². The molecule has 0 aliphatic carbocycles. The summed E-state index contributed by atoms with van der Waals surface area (Å²) in [5.41, 5.74) is 0.497. The molecule has 0 aromatic heterocycles. The molecule has 0 fully saturated rings. The van der Waals surface area contributed by atoms with Gasteiger partial charge < -0.3 is 4.74 Å². The molecule has 0 bridgehead atoms. The molecule has 21 heavy (non-hydrogen) atoms. The quantitative estimate of drug-likeness (QED) is 0.540. The lowest BCUT2D eigenvalue weighted by atomic mass is 10.1. The Bertz CT molecular complexity index is 627. The SMILES string of the molecule is O=C(CCCOc1cccc(Cl)c1Cl)c1ccc(F)cc1. The Labute approximate surface area is 132 Å². The van der Waals surface area contributed by atoms with Crippen molar-refractivity contribution in [3.63, 3.8) is 0 Å². The average Bonchev–Trinajstić information content (AvgIpc) is 2.48. The second-order valence-electron chi connectivity index (χ2n) is 4.43. The number of Topliss-reactive ketones (excluding diaryl/α,β-unsaturated/α-hetero) is 1. The molecule has 0 N–H and O–H groups in total. The monoisotopic (exact) mass is 326 g/mol. The molecule has 0 spiro atoms. The highest BCUT2D eigenvalue weighted by molar-refractivity contribution is 6.42. The van der Waals surface area contributed by atoms with E-state index in [9.17, 15) is 9.18 Å². The number of carbonyl (C=O) groups is 1. The fourth-order valence-electron chi connectivity index (χ4n) is 1.79. The number of benzene rings is 2. The first-order chi connectivity index (χ1) is 10.1. The summed E-state index contributed by atoms with van der Waals surface area (Å²) in [5.74, 6) is 0.0969. The summed E-state index contributed by atoms with van der Waals surface area (Å²) in [4.78, 5) is 11.9. The van der Waals surface area contributed by atoms with E-state index in [2.05, 4.69) is 0 Å². The molecule has 0 heterocycles. The van der Waals surface area contributed by atoms with E-state index in [1.165, 1.54) is 24.3 Å². The summed E-state index contributed by atoms with van der Waals surface area (Å²) in [6.07, 6.45) is 0.864. The third-order valence-electron chi connectivity index (χ3n) is 2.89. The van der Waals surface area contributed by atoms with E-state index in [4.69, 9.17) is 27.9 Å². The van der Waals surface area contributed by atoms with Crippen molar-refractivity contribution >= 4 is 29.0 Å². The van der Waals surface area contributed by atoms with Gasteiger partial charge in [-0.05, 0) is 42.8 Å². The highest BCUT2D eigenvalue weighted by Gasteiger charge is 2.08. The number of hydrogen-bond donors (Lipinski definition) is 0. The first kappa shape index (κ1) is 15.8. The molecule has 0 unspecified atom stereocenters. The van der Waals surface area contributed by atoms with Crippen LogP contribution in [0.5, 0.6) is 5.75 Å². The van der Waals surface area contributed by atoms with Crippen LogP contribution in [0, 0.1) is 5.82 Å². The van der Waals surface area contributed by atoms with Crippen LogP contribution in [0.1, 0.15) is 23.2 Å². The molecule has 0 saturated heterocycles. The Balaban J connectivity index is 1.80. The van der Waals surface area contributed by atoms with Crippen LogP contribution in [-0.2, 0) is 0 Å². The number of ketones is 1. The maximum absolute atomic E-state index is 12.8. The highest BCUT2D eigenvalue weighted by atomic mass is 35.5. The largest absolute Gasteiger partial charge is 0.492 e. The maximum atomic E-state index is 12.8. The summed E-state index contributed by atoms with van der Waals surface area (Å²) in [5, 5.41) is 0.792. The fraction of sp³-hybridized carbons (Fsp3) is 0.188. The molecule has 2 nitrogen and oxygen atoms in total.